The van der Waals surface area contributed by atoms with Gasteiger partial charge in [0, 0.05) is 38.6 Å². The number of nitrogens with zero attached hydrogens (tertiary/aromatic N) is 1. The van der Waals surface area contributed by atoms with Crippen molar-refractivity contribution in [1.82, 2.24) is 15.5 Å². The molecule has 4 nitrogen and oxygen atoms in total. The smallest absolute Gasteiger partial charge is 0.221 e. The van der Waals surface area contributed by atoms with Gasteiger partial charge in [0.2, 0.25) is 5.91 Å². The first kappa shape index (κ1) is 13.8. The molecule has 2 fully saturated rings. The minimum Gasteiger partial charge on any atom is -0.356 e. The maximum atomic E-state index is 11.5. The van der Waals surface area contributed by atoms with Crippen molar-refractivity contribution < 1.29 is 4.79 Å². The molecule has 0 spiro atoms. The Morgan fingerprint density at radius 1 is 1.33 bits per heavy atom. The van der Waals surface area contributed by atoms with Crippen LogP contribution in [0.1, 0.15) is 39.0 Å². The van der Waals surface area contributed by atoms with Crippen molar-refractivity contribution in [3.8, 4) is 0 Å². The molecule has 1 saturated heterocycles. The standard InChI is InChI=1S/C14H27N3O/c1-2-15-14(18)7-9-17(10-12-5-6-12)11-13-4-3-8-16-13/h12-13,16H,2-11H2,1H3,(H,15,18). The Bertz CT molecular complexity index is 260. The minimum absolute atomic E-state index is 0.192. The molecule has 1 amide bonds. The van der Waals surface area contributed by atoms with Crippen molar-refractivity contribution in [2.75, 3.05) is 32.7 Å². The molecule has 4 heteroatoms. The molecule has 2 N–H and O–H groups in total. The zero-order valence-electron chi connectivity index (χ0n) is 11.6. The molecule has 1 unspecified atom stereocenters. The van der Waals surface area contributed by atoms with E-state index < -0.39 is 0 Å². The molecule has 18 heavy (non-hydrogen) atoms. The van der Waals surface area contributed by atoms with Crippen molar-refractivity contribution >= 4 is 5.91 Å². The lowest BCUT2D eigenvalue weighted by Crippen LogP contribution is -2.40. The predicted molar refractivity (Wildman–Crippen MR) is 73.5 cm³/mol. The number of hydrogen-bond donors (Lipinski definition) is 2. The first-order chi connectivity index (χ1) is 8.78. The highest BCUT2D eigenvalue weighted by Crippen LogP contribution is 2.30. The second-order valence-electron chi connectivity index (χ2n) is 5.70. The Morgan fingerprint density at radius 3 is 2.78 bits per heavy atom. The van der Waals surface area contributed by atoms with Crippen LogP contribution in [-0.4, -0.2) is 49.6 Å². The normalized spacial score (nSPS) is 23.6. The van der Waals surface area contributed by atoms with Crippen LogP contribution in [0.3, 0.4) is 0 Å². The van der Waals surface area contributed by atoms with Crippen LogP contribution >= 0.6 is 0 Å². The zero-order valence-corrected chi connectivity index (χ0v) is 11.6. The molecule has 104 valence electrons. The summed E-state index contributed by atoms with van der Waals surface area (Å²) in [5, 5.41) is 6.43. The van der Waals surface area contributed by atoms with E-state index in [1.54, 1.807) is 0 Å². The molecule has 2 rings (SSSR count). The lowest BCUT2D eigenvalue weighted by atomic mass is 10.2. The molecule has 1 heterocycles. The third-order valence-electron chi connectivity index (χ3n) is 3.88. The summed E-state index contributed by atoms with van der Waals surface area (Å²) in [5.74, 6) is 1.10. The molecular weight excluding hydrogens is 226 g/mol. The van der Waals surface area contributed by atoms with Crippen LogP contribution in [-0.2, 0) is 4.79 Å². The number of hydrogen-bond acceptors (Lipinski definition) is 3. The van der Waals surface area contributed by atoms with Crippen LogP contribution in [0.15, 0.2) is 0 Å². The second-order valence-corrected chi connectivity index (χ2v) is 5.70. The summed E-state index contributed by atoms with van der Waals surface area (Å²) in [7, 11) is 0. The Labute approximate surface area is 110 Å². The van der Waals surface area contributed by atoms with Gasteiger partial charge in [-0.2, -0.15) is 0 Å². The highest BCUT2D eigenvalue weighted by atomic mass is 16.1. The van der Waals surface area contributed by atoms with Gasteiger partial charge >= 0.3 is 0 Å². The quantitative estimate of drug-likeness (QED) is 0.678. The number of amides is 1. The Morgan fingerprint density at radius 2 is 2.17 bits per heavy atom. The average Bonchev–Trinajstić information content (AvgIpc) is 3.01. The molecule has 1 aliphatic carbocycles. The number of nitrogens with one attached hydrogen (secondary N) is 2. The van der Waals surface area contributed by atoms with Crippen LogP contribution < -0.4 is 10.6 Å². The molecule has 0 bridgehead atoms. The van der Waals surface area contributed by atoms with Gasteiger partial charge in [0.05, 0.1) is 0 Å². The van der Waals surface area contributed by atoms with E-state index in [0.717, 1.165) is 32.1 Å². The maximum absolute atomic E-state index is 11.5. The van der Waals surface area contributed by atoms with Crippen LogP contribution in [0.25, 0.3) is 0 Å². The fraction of sp³-hybridized carbons (Fsp3) is 0.929. The van der Waals surface area contributed by atoms with Crippen molar-refractivity contribution in [1.29, 1.82) is 0 Å². The number of carbonyl (C=O) groups is 1. The van der Waals surface area contributed by atoms with Crippen LogP contribution in [0.4, 0.5) is 0 Å². The highest BCUT2D eigenvalue weighted by molar-refractivity contribution is 5.75. The van der Waals surface area contributed by atoms with Gasteiger partial charge in [0.1, 0.15) is 0 Å². The van der Waals surface area contributed by atoms with E-state index in [1.807, 2.05) is 6.92 Å². The van der Waals surface area contributed by atoms with Crippen LogP contribution in [0.5, 0.6) is 0 Å². The number of rotatable bonds is 8. The SMILES string of the molecule is CCNC(=O)CCN(CC1CC1)CC1CCCN1. The Kier molecular flexibility index (Phi) is 5.45. The van der Waals surface area contributed by atoms with Gasteiger partial charge in [-0.05, 0) is 45.1 Å². The van der Waals surface area contributed by atoms with Gasteiger partial charge in [0.15, 0.2) is 0 Å². The van der Waals surface area contributed by atoms with E-state index in [9.17, 15) is 4.79 Å². The maximum Gasteiger partial charge on any atom is 0.221 e. The van der Waals surface area contributed by atoms with Gasteiger partial charge in [-0.1, -0.05) is 0 Å². The summed E-state index contributed by atoms with van der Waals surface area (Å²) >= 11 is 0. The third-order valence-corrected chi connectivity index (χ3v) is 3.88. The summed E-state index contributed by atoms with van der Waals surface area (Å²) in [6.45, 7) is 7.11. The van der Waals surface area contributed by atoms with Crippen molar-refractivity contribution in [2.45, 2.75) is 45.1 Å². The van der Waals surface area contributed by atoms with Gasteiger partial charge in [-0.15, -0.1) is 0 Å². The average molecular weight is 253 g/mol. The van der Waals surface area contributed by atoms with E-state index in [0.29, 0.717) is 12.5 Å². The summed E-state index contributed by atoms with van der Waals surface area (Å²) in [4.78, 5) is 14.0. The summed E-state index contributed by atoms with van der Waals surface area (Å²) in [5.41, 5.74) is 0. The summed E-state index contributed by atoms with van der Waals surface area (Å²) in [6, 6.07) is 0.651. The molecule has 1 saturated carbocycles. The zero-order chi connectivity index (χ0) is 12.8. The van der Waals surface area contributed by atoms with E-state index in [4.69, 9.17) is 0 Å². The lowest BCUT2D eigenvalue weighted by Gasteiger charge is -2.25. The fourth-order valence-corrected chi connectivity index (χ4v) is 2.69. The topological polar surface area (TPSA) is 44.4 Å². The largest absolute Gasteiger partial charge is 0.356 e. The fourth-order valence-electron chi connectivity index (χ4n) is 2.69. The van der Waals surface area contributed by atoms with Gasteiger partial charge in [-0.3, -0.25) is 4.79 Å². The summed E-state index contributed by atoms with van der Waals surface area (Å²) in [6.07, 6.45) is 6.01. The van der Waals surface area contributed by atoms with Gasteiger partial charge in [0.25, 0.3) is 0 Å². The van der Waals surface area contributed by atoms with Crippen molar-refractivity contribution in [2.24, 2.45) is 5.92 Å². The first-order valence-corrected chi connectivity index (χ1v) is 7.50. The van der Waals surface area contributed by atoms with E-state index in [1.165, 1.54) is 32.2 Å². The minimum atomic E-state index is 0.192. The highest BCUT2D eigenvalue weighted by Gasteiger charge is 2.26. The summed E-state index contributed by atoms with van der Waals surface area (Å²) < 4.78 is 0. The molecule has 1 atom stereocenters. The molecule has 0 aromatic rings. The first-order valence-electron chi connectivity index (χ1n) is 7.50. The Hall–Kier alpha value is -0.610. The third kappa shape index (κ3) is 4.94. The molecule has 0 radical (unpaired) electrons. The van der Waals surface area contributed by atoms with Gasteiger partial charge in [-0.25, -0.2) is 0 Å². The number of carbonyl (C=O) groups excluding carboxylic acids is 1. The van der Waals surface area contributed by atoms with Gasteiger partial charge < -0.3 is 15.5 Å². The van der Waals surface area contributed by atoms with Crippen molar-refractivity contribution in [3.63, 3.8) is 0 Å². The molecule has 0 aromatic carbocycles. The van der Waals surface area contributed by atoms with Crippen LogP contribution in [0.2, 0.25) is 0 Å². The second kappa shape index (κ2) is 7.10. The predicted octanol–water partition coefficient (Wildman–Crippen LogP) is 0.977. The van der Waals surface area contributed by atoms with Crippen LogP contribution in [0, 0.1) is 5.92 Å². The molecule has 1 aliphatic heterocycles. The molecular formula is C14H27N3O. The van der Waals surface area contributed by atoms with E-state index in [-0.39, 0.29) is 5.91 Å². The molecule has 2 aliphatic rings. The molecule has 0 aromatic heterocycles. The van der Waals surface area contributed by atoms with E-state index in [2.05, 4.69) is 15.5 Å². The monoisotopic (exact) mass is 253 g/mol. The Balaban J connectivity index is 1.70. The lowest BCUT2D eigenvalue weighted by molar-refractivity contribution is -0.121. The van der Waals surface area contributed by atoms with E-state index >= 15 is 0 Å². The van der Waals surface area contributed by atoms with Crippen molar-refractivity contribution in [3.05, 3.63) is 0 Å².